The molecule has 1 amide bonds. The maximum absolute atomic E-state index is 12.6. The minimum absolute atomic E-state index is 0.0207. The van der Waals surface area contributed by atoms with Gasteiger partial charge in [0.25, 0.3) is 0 Å². The summed E-state index contributed by atoms with van der Waals surface area (Å²) in [6.07, 6.45) is 2.17. The average molecular weight is 389 g/mol. The zero-order chi connectivity index (χ0) is 19.6. The predicted molar refractivity (Wildman–Crippen MR) is 102 cm³/mol. The number of carbonyl (C=O) groups excluding carboxylic acids is 1. The maximum Gasteiger partial charge on any atom is 0.231 e. The Morgan fingerprint density at radius 3 is 2.44 bits per heavy atom. The Hall–Kier alpha value is -2.54. The molecule has 2 aromatic rings. The van der Waals surface area contributed by atoms with Gasteiger partial charge in [0, 0.05) is 19.7 Å². The molecular weight excluding hydrogens is 366 g/mol. The summed E-state index contributed by atoms with van der Waals surface area (Å²) in [7, 11) is -1.46. The molecule has 0 radical (unpaired) electrons. The lowest BCUT2D eigenvalue weighted by Crippen LogP contribution is -2.29. The third-order valence-corrected chi connectivity index (χ3v) is 5.96. The number of hydrogen-bond donors (Lipinski definition) is 0. The van der Waals surface area contributed by atoms with Crippen LogP contribution in [-0.4, -0.2) is 39.3 Å². The highest BCUT2D eigenvalue weighted by atomic mass is 32.2. The highest BCUT2D eigenvalue weighted by Gasteiger charge is 2.19. The molecule has 0 spiro atoms. The molecule has 1 atom stereocenters. The van der Waals surface area contributed by atoms with E-state index in [0.29, 0.717) is 18.6 Å². The molecule has 6 nitrogen and oxygen atoms in total. The molecule has 1 aliphatic heterocycles. The monoisotopic (exact) mass is 389 g/mol. The van der Waals surface area contributed by atoms with Gasteiger partial charge in [0.2, 0.25) is 12.7 Å². The largest absolute Gasteiger partial charge is 0.454 e. The fourth-order valence-electron chi connectivity index (χ4n) is 2.96. The molecule has 0 bridgehead atoms. The van der Waals surface area contributed by atoms with E-state index in [1.807, 2.05) is 25.1 Å². The van der Waals surface area contributed by atoms with Gasteiger partial charge < -0.3 is 14.4 Å². The van der Waals surface area contributed by atoms with Gasteiger partial charge in [0.15, 0.2) is 21.3 Å². The van der Waals surface area contributed by atoms with E-state index in [9.17, 15) is 13.2 Å². The number of aryl methyl sites for hydroxylation is 1. The first-order valence-corrected chi connectivity index (χ1v) is 10.6. The topological polar surface area (TPSA) is 72.9 Å². The molecule has 0 aromatic heterocycles. The van der Waals surface area contributed by atoms with Crippen LogP contribution in [0.1, 0.15) is 30.5 Å². The molecule has 1 aliphatic rings. The highest BCUT2D eigenvalue weighted by Crippen LogP contribution is 2.33. The third-order valence-electron chi connectivity index (χ3n) is 4.83. The summed E-state index contributed by atoms with van der Waals surface area (Å²) >= 11 is 0. The van der Waals surface area contributed by atoms with E-state index in [0.717, 1.165) is 16.9 Å². The number of ether oxygens (including phenoxy) is 2. The molecule has 0 saturated carbocycles. The molecule has 1 unspecified atom stereocenters. The summed E-state index contributed by atoms with van der Waals surface area (Å²) in [5.41, 5.74) is 1.91. The van der Waals surface area contributed by atoms with Crippen LogP contribution in [0.2, 0.25) is 0 Å². The van der Waals surface area contributed by atoms with Crippen LogP contribution in [0.3, 0.4) is 0 Å². The summed E-state index contributed by atoms with van der Waals surface area (Å²) in [6.45, 7) is 2.16. The standard InChI is InChI=1S/C20H23NO5S/c1-14(16-6-8-17(9-7-16)27(3,23)24)21(2)20(22)11-5-15-4-10-18-19(12-15)26-13-25-18/h4,6-10,12,14H,5,11,13H2,1-3H3. The van der Waals surface area contributed by atoms with Crippen molar-refractivity contribution in [3.05, 3.63) is 53.6 Å². The molecule has 144 valence electrons. The van der Waals surface area contributed by atoms with Gasteiger partial charge >= 0.3 is 0 Å². The maximum atomic E-state index is 12.6. The zero-order valence-corrected chi connectivity index (χ0v) is 16.5. The van der Waals surface area contributed by atoms with Crippen molar-refractivity contribution >= 4 is 15.7 Å². The van der Waals surface area contributed by atoms with Gasteiger partial charge in [-0.2, -0.15) is 0 Å². The summed E-state index contributed by atoms with van der Waals surface area (Å²) in [4.78, 5) is 14.5. The van der Waals surface area contributed by atoms with Crippen LogP contribution in [-0.2, 0) is 21.1 Å². The van der Waals surface area contributed by atoms with E-state index >= 15 is 0 Å². The van der Waals surface area contributed by atoms with Gasteiger partial charge in [0.05, 0.1) is 10.9 Å². The number of fused-ring (bicyclic) bond motifs is 1. The Bertz CT molecular complexity index is 937. The molecule has 7 heteroatoms. The Kier molecular flexibility index (Phi) is 5.41. The van der Waals surface area contributed by atoms with Gasteiger partial charge in [-0.15, -0.1) is 0 Å². The lowest BCUT2D eigenvalue weighted by atomic mass is 10.1. The fraction of sp³-hybridized carbons (Fsp3) is 0.350. The smallest absolute Gasteiger partial charge is 0.231 e. The van der Waals surface area contributed by atoms with Crippen molar-refractivity contribution in [2.45, 2.75) is 30.7 Å². The minimum Gasteiger partial charge on any atom is -0.454 e. The van der Waals surface area contributed by atoms with E-state index in [1.54, 1.807) is 36.2 Å². The SMILES string of the molecule is CC(c1ccc(S(C)(=O)=O)cc1)N(C)C(=O)CCc1ccc2c(c1)OCO2. The van der Waals surface area contributed by atoms with Gasteiger partial charge in [0.1, 0.15) is 0 Å². The first kappa shape index (κ1) is 19.2. The van der Waals surface area contributed by atoms with Crippen molar-refractivity contribution in [3.63, 3.8) is 0 Å². The fourth-order valence-corrected chi connectivity index (χ4v) is 3.59. The van der Waals surface area contributed by atoms with E-state index in [-0.39, 0.29) is 23.6 Å². The van der Waals surface area contributed by atoms with Gasteiger partial charge in [-0.05, 0) is 48.7 Å². The van der Waals surface area contributed by atoms with Gasteiger partial charge in [-0.3, -0.25) is 4.79 Å². The van der Waals surface area contributed by atoms with E-state index in [1.165, 1.54) is 6.26 Å². The van der Waals surface area contributed by atoms with Crippen LogP contribution in [0.25, 0.3) is 0 Å². The number of hydrogen-bond acceptors (Lipinski definition) is 5. The molecule has 0 saturated heterocycles. The number of amides is 1. The second-order valence-electron chi connectivity index (χ2n) is 6.71. The summed E-state index contributed by atoms with van der Waals surface area (Å²) in [5.74, 6) is 1.47. The molecule has 0 N–H and O–H groups in total. The second-order valence-corrected chi connectivity index (χ2v) is 8.73. The third kappa shape index (κ3) is 4.42. The van der Waals surface area contributed by atoms with Crippen LogP contribution < -0.4 is 9.47 Å². The molecule has 0 fully saturated rings. The number of sulfone groups is 1. The Morgan fingerprint density at radius 1 is 1.11 bits per heavy atom. The Morgan fingerprint density at radius 2 is 1.78 bits per heavy atom. The minimum atomic E-state index is -3.23. The number of carbonyl (C=O) groups is 1. The van der Waals surface area contributed by atoms with Crippen LogP contribution in [0.15, 0.2) is 47.4 Å². The quantitative estimate of drug-likeness (QED) is 0.759. The summed E-state index contributed by atoms with van der Waals surface area (Å²) in [6, 6.07) is 12.2. The molecule has 27 heavy (non-hydrogen) atoms. The lowest BCUT2D eigenvalue weighted by Gasteiger charge is -2.25. The van der Waals surface area contributed by atoms with Crippen LogP contribution in [0.5, 0.6) is 11.5 Å². The van der Waals surface area contributed by atoms with Crippen molar-refractivity contribution in [1.82, 2.24) is 4.90 Å². The molecule has 1 heterocycles. The number of nitrogens with zero attached hydrogens (tertiary/aromatic N) is 1. The van der Waals surface area contributed by atoms with Gasteiger partial charge in [-0.25, -0.2) is 8.42 Å². The molecule has 2 aromatic carbocycles. The first-order chi connectivity index (χ1) is 12.8. The molecule has 3 rings (SSSR count). The zero-order valence-electron chi connectivity index (χ0n) is 15.6. The van der Waals surface area contributed by atoms with Crippen molar-refractivity contribution < 1.29 is 22.7 Å². The van der Waals surface area contributed by atoms with Crippen molar-refractivity contribution in [2.24, 2.45) is 0 Å². The van der Waals surface area contributed by atoms with Crippen LogP contribution >= 0.6 is 0 Å². The van der Waals surface area contributed by atoms with Gasteiger partial charge in [-0.1, -0.05) is 18.2 Å². The van der Waals surface area contributed by atoms with Crippen molar-refractivity contribution in [1.29, 1.82) is 0 Å². The summed E-state index contributed by atoms with van der Waals surface area (Å²) in [5, 5.41) is 0. The Labute approximate surface area is 159 Å². The molecular formula is C20H23NO5S. The second kappa shape index (κ2) is 7.60. The van der Waals surface area contributed by atoms with Crippen molar-refractivity contribution in [2.75, 3.05) is 20.1 Å². The normalized spacial score (nSPS) is 14.0. The number of rotatable bonds is 6. The van der Waals surface area contributed by atoms with Crippen LogP contribution in [0, 0.1) is 0 Å². The van der Waals surface area contributed by atoms with Crippen LogP contribution in [0.4, 0.5) is 0 Å². The lowest BCUT2D eigenvalue weighted by molar-refractivity contribution is -0.131. The Balaban J connectivity index is 1.61. The highest BCUT2D eigenvalue weighted by molar-refractivity contribution is 7.90. The first-order valence-electron chi connectivity index (χ1n) is 8.70. The van der Waals surface area contributed by atoms with E-state index in [4.69, 9.17) is 9.47 Å². The molecule has 0 aliphatic carbocycles. The summed E-state index contributed by atoms with van der Waals surface area (Å²) < 4.78 is 33.8. The average Bonchev–Trinajstić information content (AvgIpc) is 3.12. The van der Waals surface area contributed by atoms with E-state index < -0.39 is 9.84 Å². The van der Waals surface area contributed by atoms with Crippen molar-refractivity contribution in [3.8, 4) is 11.5 Å². The number of benzene rings is 2. The predicted octanol–water partition coefficient (Wildman–Crippen LogP) is 2.97. The van der Waals surface area contributed by atoms with E-state index in [2.05, 4.69) is 0 Å².